The average Bonchev–Trinajstić information content (AvgIpc) is 2.72. The van der Waals surface area contributed by atoms with E-state index in [2.05, 4.69) is 35.1 Å². The van der Waals surface area contributed by atoms with E-state index in [1.807, 2.05) is 0 Å². The maximum absolute atomic E-state index is 11.7. The maximum atomic E-state index is 11.7. The van der Waals surface area contributed by atoms with Gasteiger partial charge in [0.1, 0.15) is 0 Å². The zero-order valence-electron chi connectivity index (χ0n) is 22.9. The Hall–Kier alpha value is -0.0500. The number of hydrogen-bond donors (Lipinski definition) is 5. The number of phosphoric ester groups is 1. The first-order valence-electron chi connectivity index (χ1n) is 13.6. The van der Waals surface area contributed by atoms with E-state index in [0.717, 1.165) is 77.5 Å². The topological polar surface area (TPSA) is 104 Å². The molecule has 0 radical (unpaired) electrons. The van der Waals surface area contributed by atoms with Gasteiger partial charge in [0.2, 0.25) is 0 Å². The van der Waals surface area contributed by atoms with Gasteiger partial charge in [-0.25, -0.2) is 4.57 Å². The fourth-order valence-corrected chi connectivity index (χ4v) is 4.49. The summed E-state index contributed by atoms with van der Waals surface area (Å²) in [5.74, 6) is 0.831. The lowest BCUT2D eigenvalue weighted by atomic mass is 10.1. The smallest absolute Gasteiger partial charge is 0.317 e. The molecule has 9 heteroatoms. The molecule has 0 aromatic carbocycles. The largest absolute Gasteiger partial charge is 0.472 e. The molecular weight excluding hydrogens is 451 g/mol. The monoisotopic (exact) mass is 508 g/mol. The Labute approximate surface area is 210 Å². The fraction of sp³-hybridized carbons (Fsp3) is 1.00. The van der Waals surface area contributed by atoms with E-state index in [1.54, 1.807) is 20.8 Å². The van der Waals surface area contributed by atoms with Crippen LogP contribution in [0.15, 0.2) is 0 Å². The third-order valence-electron chi connectivity index (χ3n) is 5.15. The molecule has 0 aromatic rings. The second kappa shape index (κ2) is 22.2. The van der Waals surface area contributed by atoms with Crippen molar-refractivity contribution < 1.29 is 18.5 Å². The standard InChI is InChI=1S/C25H57N4O4P/c1-24(2)14-6-7-15-26-19-12-20-27-16-8-9-17-28-21-13-22-29-18-10-11-23-32-34(30,31)33-25(3,4)5/h24,26-29H,6-23H2,1-5H3,(H,30,31). The first kappa shape index (κ1) is 34.0. The van der Waals surface area contributed by atoms with Crippen molar-refractivity contribution >= 4 is 7.82 Å². The van der Waals surface area contributed by atoms with Crippen molar-refractivity contribution in [2.45, 2.75) is 98.0 Å². The van der Waals surface area contributed by atoms with Crippen LogP contribution in [0.1, 0.15) is 92.4 Å². The molecule has 206 valence electrons. The van der Waals surface area contributed by atoms with Crippen molar-refractivity contribution in [2.24, 2.45) is 5.92 Å². The molecule has 0 bridgehead atoms. The summed E-state index contributed by atoms with van der Waals surface area (Å²) in [6.07, 6.45) is 10.4. The molecular formula is C25H57N4O4P. The van der Waals surface area contributed by atoms with Crippen molar-refractivity contribution in [1.29, 1.82) is 0 Å². The Kier molecular flexibility index (Phi) is 22.1. The number of nitrogens with one attached hydrogen (secondary N) is 4. The van der Waals surface area contributed by atoms with Gasteiger partial charge in [-0.15, -0.1) is 0 Å². The summed E-state index contributed by atoms with van der Waals surface area (Å²) in [6.45, 7) is 18.5. The maximum Gasteiger partial charge on any atom is 0.472 e. The molecule has 0 saturated heterocycles. The van der Waals surface area contributed by atoms with Crippen LogP contribution in [0.4, 0.5) is 0 Å². The molecule has 0 saturated carbocycles. The second-order valence-electron chi connectivity index (χ2n) is 10.5. The summed E-state index contributed by atoms with van der Waals surface area (Å²) in [4.78, 5) is 9.61. The highest BCUT2D eigenvalue weighted by atomic mass is 31.2. The molecule has 1 atom stereocenters. The predicted octanol–water partition coefficient (Wildman–Crippen LogP) is 4.44. The van der Waals surface area contributed by atoms with Crippen LogP contribution in [-0.4, -0.2) is 69.5 Å². The summed E-state index contributed by atoms with van der Waals surface area (Å²) in [5, 5.41) is 14.0. The average molecular weight is 509 g/mol. The van der Waals surface area contributed by atoms with Crippen LogP contribution < -0.4 is 21.3 Å². The zero-order valence-corrected chi connectivity index (χ0v) is 23.8. The number of rotatable bonds is 25. The first-order chi connectivity index (χ1) is 16.1. The van der Waals surface area contributed by atoms with Crippen LogP contribution in [0.5, 0.6) is 0 Å². The van der Waals surface area contributed by atoms with E-state index < -0.39 is 13.4 Å². The normalized spacial score (nSPS) is 14.1. The van der Waals surface area contributed by atoms with Crippen molar-refractivity contribution in [2.75, 3.05) is 59.0 Å². The Morgan fingerprint density at radius 1 is 0.676 bits per heavy atom. The Balaban J connectivity index is 3.19. The van der Waals surface area contributed by atoms with Crippen LogP contribution in [0.25, 0.3) is 0 Å². The Bertz CT molecular complexity index is 490. The molecule has 0 heterocycles. The third kappa shape index (κ3) is 28.2. The highest BCUT2D eigenvalue weighted by Crippen LogP contribution is 2.47. The number of phosphoric acid groups is 1. The van der Waals surface area contributed by atoms with E-state index >= 15 is 0 Å². The number of hydrogen-bond acceptors (Lipinski definition) is 7. The van der Waals surface area contributed by atoms with Gasteiger partial charge < -0.3 is 26.2 Å². The zero-order chi connectivity index (χ0) is 25.5. The highest BCUT2D eigenvalue weighted by molar-refractivity contribution is 7.47. The molecule has 0 amide bonds. The fourth-order valence-electron chi connectivity index (χ4n) is 3.38. The summed E-state index contributed by atoms with van der Waals surface area (Å²) in [7, 11) is -3.95. The molecule has 0 aliphatic carbocycles. The van der Waals surface area contributed by atoms with Crippen molar-refractivity contribution in [3.63, 3.8) is 0 Å². The van der Waals surface area contributed by atoms with Crippen LogP contribution in [0.3, 0.4) is 0 Å². The third-order valence-corrected chi connectivity index (χ3v) is 6.44. The minimum Gasteiger partial charge on any atom is -0.317 e. The Morgan fingerprint density at radius 2 is 1.06 bits per heavy atom. The lowest BCUT2D eigenvalue weighted by Gasteiger charge is -2.22. The quantitative estimate of drug-likeness (QED) is 0.0911. The number of unbranched alkanes of at least 4 members (excludes halogenated alkanes) is 3. The minimum absolute atomic E-state index is 0.234. The highest BCUT2D eigenvalue weighted by Gasteiger charge is 2.28. The molecule has 8 nitrogen and oxygen atoms in total. The van der Waals surface area contributed by atoms with Crippen LogP contribution in [-0.2, 0) is 13.6 Å². The van der Waals surface area contributed by atoms with Crippen molar-refractivity contribution in [3.05, 3.63) is 0 Å². The van der Waals surface area contributed by atoms with E-state index in [9.17, 15) is 9.46 Å². The van der Waals surface area contributed by atoms with Gasteiger partial charge in [0.15, 0.2) is 0 Å². The molecule has 0 spiro atoms. The predicted molar refractivity (Wildman–Crippen MR) is 144 cm³/mol. The first-order valence-corrected chi connectivity index (χ1v) is 15.1. The van der Waals surface area contributed by atoms with Gasteiger partial charge in [-0.3, -0.25) is 9.05 Å². The van der Waals surface area contributed by atoms with E-state index in [4.69, 9.17) is 9.05 Å². The van der Waals surface area contributed by atoms with Crippen molar-refractivity contribution in [1.82, 2.24) is 21.3 Å². The van der Waals surface area contributed by atoms with E-state index in [1.165, 1.54) is 38.5 Å². The lowest BCUT2D eigenvalue weighted by molar-refractivity contribution is 0.0612. The summed E-state index contributed by atoms with van der Waals surface area (Å²) >= 11 is 0. The van der Waals surface area contributed by atoms with Gasteiger partial charge in [-0.05, 0) is 124 Å². The van der Waals surface area contributed by atoms with Crippen LogP contribution >= 0.6 is 7.82 Å². The van der Waals surface area contributed by atoms with E-state index in [-0.39, 0.29) is 6.61 Å². The molecule has 0 fully saturated rings. The van der Waals surface area contributed by atoms with Gasteiger partial charge in [-0.1, -0.05) is 26.7 Å². The van der Waals surface area contributed by atoms with Crippen molar-refractivity contribution in [3.8, 4) is 0 Å². The molecule has 5 N–H and O–H groups in total. The minimum atomic E-state index is -3.95. The summed E-state index contributed by atoms with van der Waals surface area (Å²) < 4.78 is 21.8. The SMILES string of the molecule is CC(C)CCCCNCCCNCCCCNCCCNCCCCOP(=O)(O)OC(C)(C)C. The van der Waals surface area contributed by atoms with Gasteiger partial charge >= 0.3 is 7.82 Å². The molecule has 0 rings (SSSR count). The van der Waals surface area contributed by atoms with Crippen LogP contribution in [0, 0.1) is 5.92 Å². The summed E-state index contributed by atoms with van der Waals surface area (Å²) in [6, 6.07) is 0. The van der Waals surface area contributed by atoms with E-state index in [0.29, 0.717) is 0 Å². The summed E-state index contributed by atoms with van der Waals surface area (Å²) in [5.41, 5.74) is -0.694. The molecule has 0 aliphatic rings. The van der Waals surface area contributed by atoms with Gasteiger partial charge in [0.25, 0.3) is 0 Å². The lowest BCUT2D eigenvalue weighted by Crippen LogP contribution is -2.25. The molecule has 0 aromatic heterocycles. The second-order valence-corrected chi connectivity index (χ2v) is 11.9. The molecule has 34 heavy (non-hydrogen) atoms. The molecule has 0 aliphatic heterocycles. The van der Waals surface area contributed by atoms with Crippen LogP contribution in [0.2, 0.25) is 0 Å². The van der Waals surface area contributed by atoms with Gasteiger partial charge in [-0.2, -0.15) is 0 Å². The van der Waals surface area contributed by atoms with Gasteiger partial charge in [0.05, 0.1) is 12.2 Å². The van der Waals surface area contributed by atoms with Gasteiger partial charge in [0, 0.05) is 0 Å². The molecule has 1 unspecified atom stereocenters. The Morgan fingerprint density at radius 3 is 1.47 bits per heavy atom.